The number of benzene rings is 1. The highest BCUT2D eigenvalue weighted by Crippen LogP contribution is 2.32. The van der Waals surface area contributed by atoms with Crippen molar-refractivity contribution in [1.82, 2.24) is 9.55 Å². The van der Waals surface area contributed by atoms with Gasteiger partial charge < -0.3 is 9.47 Å². The molecule has 0 N–H and O–H groups in total. The molecule has 0 saturated heterocycles. The summed E-state index contributed by atoms with van der Waals surface area (Å²) >= 11 is 3.06. The first kappa shape index (κ1) is 17.3. The molecule has 0 bridgehead atoms. The molecule has 10 heteroatoms. The molecular weight excluding hydrogens is 388 g/mol. The van der Waals surface area contributed by atoms with Crippen LogP contribution in [0, 0.1) is 5.82 Å². The van der Waals surface area contributed by atoms with Gasteiger partial charge in [-0.25, -0.2) is 8.96 Å². The van der Waals surface area contributed by atoms with E-state index < -0.39 is 29.3 Å². The van der Waals surface area contributed by atoms with Gasteiger partial charge >= 0.3 is 12.2 Å². The molecule has 0 saturated carbocycles. The fourth-order valence-corrected chi connectivity index (χ4v) is 2.29. The van der Waals surface area contributed by atoms with Crippen molar-refractivity contribution in [1.29, 1.82) is 0 Å². The monoisotopic (exact) mass is 396 g/mol. The molecule has 124 valence electrons. The van der Waals surface area contributed by atoms with Crippen molar-refractivity contribution < 1.29 is 27.0 Å². The lowest BCUT2D eigenvalue weighted by molar-refractivity contribution is -0.141. The Kier molecular flexibility index (Phi) is 4.64. The molecule has 1 aromatic carbocycles. The van der Waals surface area contributed by atoms with Gasteiger partial charge in [-0.3, -0.25) is 4.79 Å². The van der Waals surface area contributed by atoms with E-state index >= 15 is 0 Å². The summed E-state index contributed by atoms with van der Waals surface area (Å²) in [4.78, 5) is 15.2. The number of aromatic nitrogens is 2. The van der Waals surface area contributed by atoms with Crippen molar-refractivity contribution in [3.05, 3.63) is 44.5 Å². The number of halogens is 5. The van der Waals surface area contributed by atoms with Crippen molar-refractivity contribution in [3.8, 4) is 17.4 Å². The van der Waals surface area contributed by atoms with Crippen molar-refractivity contribution in [2.75, 3.05) is 14.2 Å². The molecule has 23 heavy (non-hydrogen) atoms. The standard InChI is InChI=1S/C13H9BrF4N2O3/c1-22-9-4-8(7(15)3-6(9)14)20-11(21)5-10(13(16,17)18)19-12(20)23-2/h3-5H,1-2H3. The molecule has 2 rings (SSSR count). The molecule has 1 aromatic heterocycles. The van der Waals surface area contributed by atoms with Crippen molar-refractivity contribution in [3.63, 3.8) is 0 Å². The number of hydrogen-bond donors (Lipinski definition) is 0. The average Bonchev–Trinajstić information content (AvgIpc) is 2.46. The van der Waals surface area contributed by atoms with Crippen LogP contribution in [0.2, 0.25) is 0 Å². The lowest BCUT2D eigenvalue weighted by Gasteiger charge is -2.15. The van der Waals surface area contributed by atoms with Crippen LogP contribution in [0.5, 0.6) is 11.8 Å². The predicted molar refractivity (Wildman–Crippen MR) is 75.6 cm³/mol. The topological polar surface area (TPSA) is 53.4 Å². The van der Waals surface area contributed by atoms with Gasteiger partial charge in [-0.15, -0.1) is 0 Å². The van der Waals surface area contributed by atoms with E-state index in [0.29, 0.717) is 4.57 Å². The zero-order valence-electron chi connectivity index (χ0n) is 11.7. The Bertz CT molecular complexity index is 805. The number of alkyl halides is 3. The third-order valence-electron chi connectivity index (χ3n) is 2.82. The van der Waals surface area contributed by atoms with Crippen LogP contribution in [0.4, 0.5) is 17.6 Å². The minimum atomic E-state index is -4.83. The highest BCUT2D eigenvalue weighted by molar-refractivity contribution is 9.10. The summed E-state index contributed by atoms with van der Waals surface area (Å²) in [5.41, 5.74) is -2.93. The van der Waals surface area contributed by atoms with Gasteiger partial charge in [0.15, 0.2) is 5.69 Å². The Balaban J connectivity index is 2.77. The van der Waals surface area contributed by atoms with Crippen molar-refractivity contribution in [2.45, 2.75) is 6.18 Å². The molecule has 0 aliphatic heterocycles. The minimum absolute atomic E-state index is 0.176. The molecule has 5 nitrogen and oxygen atoms in total. The fraction of sp³-hybridized carbons (Fsp3) is 0.231. The fourth-order valence-electron chi connectivity index (χ4n) is 1.81. The normalized spacial score (nSPS) is 11.4. The molecule has 0 amide bonds. The Morgan fingerprint density at radius 2 is 1.83 bits per heavy atom. The maximum absolute atomic E-state index is 14.1. The maximum Gasteiger partial charge on any atom is 0.433 e. The second-order valence-electron chi connectivity index (χ2n) is 4.24. The van der Waals surface area contributed by atoms with Crippen LogP contribution >= 0.6 is 15.9 Å². The molecule has 0 atom stereocenters. The molecule has 0 radical (unpaired) electrons. The summed E-state index contributed by atoms with van der Waals surface area (Å²) in [6.07, 6.45) is -4.83. The Hall–Kier alpha value is -2.10. The second kappa shape index (κ2) is 6.19. The SMILES string of the molecule is COc1cc(-n2c(OC)nc(C(F)(F)F)cc2=O)c(F)cc1Br. The Morgan fingerprint density at radius 1 is 1.17 bits per heavy atom. The molecule has 0 fully saturated rings. The number of methoxy groups -OCH3 is 2. The van der Waals surface area contributed by atoms with Crippen LogP contribution < -0.4 is 15.0 Å². The quantitative estimate of drug-likeness (QED) is 0.747. The molecule has 0 aliphatic rings. The van der Waals surface area contributed by atoms with Crippen molar-refractivity contribution in [2.24, 2.45) is 0 Å². The summed E-state index contributed by atoms with van der Waals surface area (Å²) in [6, 6.07) is 1.71. The maximum atomic E-state index is 14.1. The van der Waals surface area contributed by atoms with Crippen LogP contribution in [-0.4, -0.2) is 23.8 Å². The number of nitrogens with zero attached hydrogens (tertiary/aromatic N) is 2. The molecule has 1 heterocycles. The van der Waals surface area contributed by atoms with E-state index in [9.17, 15) is 22.4 Å². The van der Waals surface area contributed by atoms with E-state index in [1.54, 1.807) is 0 Å². The lowest BCUT2D eigenvalue weighted by Crippen LogP contribution is -2.25. The summed E-state index contributed by atoms with van der Waals surface area (Å²) in [7, 11) is 2.33. The predicted octanol–water partition coefficient (Wildman–Crippen LogP) is 3.17. The van der Waals surface area contributed by atoms with E-state index in [2.05, 4.69) is 20.9 Å². The van der Waals surface area contributed by atoms with Crippen LogP contribution in [0.1, 0.15) is 5.69 Å². The number of hydrogen-bond acceptors (Lipinski definition) is 4. The Morgan fingerprint density at radius 3 is 2.35 bits per heavy atom. The van der Waals surface area contributed by atoms with Gasteiger partial charge in [-0.05, 0) is 22.0 Å². The largest absolute Gasteiger partial charge is 0.495 e. The van der Waals surface area contributed by atoms with Crippen LogP contribution in [0.3, 0.4) is 0 Å². The zero-order chi connectivity index (χ0) is 17.4. The molecule has 0 unspecified atom stereocenters. The average molecular weight is 397 g/mol. The van der Waals surface area contributed by atoms with Crippen LogP contribution in [0.15, 0.2) is 27.5 Å². The summed E-state index contributed by atoms with van der Waals surface area (Å²) in [5.74, 6) is -0.699. The molecule has 0 aliphatic carbocycles. The smallest absolute Gasteiger partial charge is 0.433 e. The lowest BCUT2D eigenvalue weighted by atomic mass is 10.2. The van der Waals surface area contributed by atoms with Gasteiger partial charge in [0.05, 0.1) is 24.4 Å². The van der Waals surface area contributed by atoms with E-state index in [0.717, 1.165) is 19.2 Å². The third kappa shape index (κ3) is 3.31. The first-order chi connectivity index (χ1) is 10.7. The summed E-state index contributed by atoms with van der Waals surface area (Å²) < 4.78 is 62.8. The van der Waals surface area contributed by atoms with Gasteiger partial charge in [0.2, 0.25) is 0 Å². The van der Waals surface area contributed by atoms with Gasteiger partial charge in [0.25, 0.3) is 5.56 Å². The van der Waals surface area contributed by atoms with Gasteiger partial charge in [-0.2, -0.15) is 18.2 Å². The first-order valence-electron chi connectivity index (χ1n) is 5.97. The molecular formula is C13H9BrF4N2O3. The molecule has 0 spiro atoms. The highest BCUT2D eigenvalue weighted by Gasteiger charge is 2.34. The highest BCUT2D eigenvalue weighted by atomic mass is 79.9. The number of ether oxygens (including phenoxy) is 2. The zero-order valence-corrected chi connectivity index (χ0v) is 13.3. The third-order valence-corrected chi connectivity index (χ3v) is 3.44. The van der Waals surface area contributed by atoms with E-state index in [-0.39, 0.29) is 22.0 Å². The summed E-state index contributed by atoms with van der Waals surface area (Å²) in [5, 5.41) is 0. The van der Waals surface area contributed by atoms with Crippen LogP contribution in [0.25, 0.3) is 5.69 Å². The van der Waals surface area contributed by atoms with E-state index in [1.165, 1.54) is 7.11 Å². The number of rotatable bonds is 3. The summed E-state index contributed by atoms with van der Waals surface area (Å²) in [6.45, 7) is 0. The van der Waals surface area contributed by atoms with Gasteiger partial charge in [0, 0.05) is 12.1 Å². The van der Waals surface area contributed by atoms with Crippen LogP contribution in [-0.2, 0) is 6.18 Å². The van der Waals surface area contributed by atoms with Gasteiger partial charge in [-0.1, -0.05) is 0 Å². The van der Waals surface area contributed by atoms with E-state index in [1.807, 2.05) is 0 Å². The Labute approximate surface area is 135 Å². The van der Waals surface area contributed by atoms with Gasteiger partial charge in [0.1, 0.15) is 11.6 Å². The minimum Gasteiger partial charge on any atom is -0.495 e. The first-order valence-corrected chi connectivity index (χ1v) is 6.77. The van der Waals surface area contributed by atoms with E-state index in [4.69, 9.17) is 9.47 Å². The molecule has 2 aromatic rings. The van der Waals surface area contributed by atoms with Crippen molar-refractivity contribution >= 4 is 15.9 Å². The second-order valence-corrected chi connectivity index (χ2v) is 5.09.